The summed E-state index contributed by atoms with van der Waals surface area (Å²) < 4.78 is 35.8. The molecule has 8 heteroatoms. The first-order valence-electron chi connectivity index (χ1n) is 11.4. The second-order valence-corrected chi connectivity index (χ2v) is 9.38. The molecule has 1 fully saturated rings. The van der Waals surface area contributed by atoms with Gasteiger partial charge in [-0.25, -0.2) is 9.18 Å². The van der Waals surface area contributed by atoms with Gasteiger partial charge in [-0.15, -0.1) is 0 Å². The van der Waals surface area contributed by atoms with Crippen molar-refractivity contribution in [3.63, 3.8) is 0 Å². The molecule has 0 aromatic heterocycles. The van der Waals surface area contributed by atoms with Gasteiger partial charge in [0.15, 0.2) is 34.6 Å². The molecule has 0 aliphatic heterocycles. The van der Waals surface area contributed by atoms with Crippen LogP contribution in [-0.4, -0.2) is 25.2 Å². The smallest absolute Gasteiger partial charge is 0.351 e. The van der Waals surface area contributed by atoms with Crippen molar-refractivity contribution in [3.05, 3.63) is 71.5 Å². The van der Waals surface area contributed by atoms with E-state index in [1.807, 2.05) is 49.4 Å². The van der Waals surface area contributed by atoms with E-state index in [-0.39, 0.29) is 35.7 Å². The second-order valence-electron chi connectivity index (χ2n) is 8.94. The van der Waals surface area contributed by atoms with Crippen LogP contribution in [0.3, 0.4) is 0 Å². The van der Waals surface area contributed by atoms with Crippen LogP contribution >= 0.6 is 23.0 Å². The standard InChI is InChI=1S/C27H26FIO6/c1-27(26(31)33-16-18-8-5-7-17-6-3-4-9-21(17)18)12-10-19(11-13-27)34-20-14-22(25(30)35-29)24(32-2)23(28)15-20/h3-9,14-15,19H,10-13,16H2,1-2H3. The van der Waals surface area contributed by atoms with Crippen LogP contribution in [0.15, 0.2) is 54.6 Å². The Morgan fingerprint density at radius 1 is 1.09 bits per heavy atom. The van der Waals surface area contributed by atoms with Gasteiger partial charge in [0.1, 0.15) is 17.9 Å². The molecule has 0 radical (unpaired) electrons. The maximum absolute atomic E-state index is 14.4. The molecule has 0 amide bonds. The molecule has 3 aromatic carbocycles. The lowest BCUT2D eigenvalue weighted by atomic mass is 9.74. The Bertz CT molecular complexity index is 1230. The highest BCUT2D eigenvalue weighted by atomic mass is 127. The van der Waals surface area contributed by atoms with Gasteiger partial charge < -0.3 is 17.3 Å². The summed E-state index contributed by atoms with van der Waals surface area (Å²) in [6, 6.07) is 16.6. The van der Waals surface area contributed by atoms with Gasteiger partial charge in [0, 0.05) is 6.07 Å². The van der Waals surface area contributed by atoms with Gasteiger partial charge in [0.25, 0.3) is 0 Å². The third-order valence-corrected chi connectivity index (χ3v) is 6.98. The van der Waals surface area contributed by atoms with E-state index in [1.165, 1.54) is 42.2 Å². The summed E-state index contributed by atoms with van der Waals surface area (Å²) >= 11 is 1.44. The van der Waals surface area contributed by atoms with Crippen LogP contribution in [-0.2, 0) is 19.2 Å². The zero-order chi connectivity index (χ0) is 25.0. The predicted molar refractivity (Wildman–Crippen MR) is 137 cm³/mol. The quantitative estimate of drug-likeness (QED) is 0.229. The van der Waals surface area contributed by atoms with E-state index >= 15 is 0 Å². The van der Waals surface area contributed by atoms with Gasteiger partial charge in [-0.3, -0.25) is 4.79 Å². The van der Waals surface area contributed by atoms with Gasteiger partial charge in [0.2, 0.25) is 0 Å². The average Bonchev–Trinajstić information content (AvgIpc) is 2.87. The molecule has 184 valence electrons. The number of hydrogen-bond acceptors (Lipinski definition) is 6. The molecule has 1 aliphatic rings. The van der Waals surface area contributed by atoms with E-state index in [4.69, 9.17) is 14.2 Å². The lowest BCUT2D eigenvalue weighted by Gasteiger charge is -2.35. The molecule has 0 spiro atoms. The molecular formula is C27H26FIO6. The van der Waals surface area contributed by atoms with Crippen molar-refractivity contribution >= 4 is 45.7 Å². The number of fused-ring (bicyclic) bond motifs is 1. The van der Waals surface area contributed by atoms with Gasteiger partial charge in [0.05, 0.1) is 18.6 Å². The number of rotatable bonds is 7. The van der Waals surface area contributed by atoms with Crippen molar-refractivity contribution in [2.24, 2.45) is 5.41 Å². The fourth-order valence-corrected chi connectivity index (χ4v) is 4.75. The van der Waals surface area contributed by atoms with Crippen LogP contribution < -0.4 is 9.47 Å². The Hall–Kier alpha value is -2.88. The summed E-state index contributed by atoms with van der Waals surface area (Å²) in [4.78, 5) is 25.0. The average molecular weight is 592 g/mol. The minimum Gasteiger partial charge on any atom is -0.493 e. The number of ether oxygens (including phenoxy) is 3. The van der Waals surface area contributed by atoms with Gasteiger partial charge in [-0.1, -0.05) is 42.5 Å². The highest BCUT2D eigenvalue weighted by molar-refractivity contribution is 14.1. The summed E-state index contributed by atoms with van der Waals surface area (Å²) in [6.07, 6.45) is 2.13. The summed E-state index contributed by atoms with van der Waals surface area (Å²) in [5.41, 5.74) is 0.306. The van der Waals surface area contributed by atoms with Crippen molar-refractivity contribution in [1.82, 2.24) is 0 Å². The third kappa shape index (κ3) is 5.52. The Morgan fingerprint density at radius 3 is 2.51 bits per heavy atom. The van der Waals surface area contributed by atoms with Gasteiger partial charge >= 0.3 is 11.9 Å². The SMILES string of the molecule is COc1c(F)cc(OC2CCC(C)(C(=O)OCc3cccc4ccccc34)CC2)cc1C(=O)OI. The van der Waals surface area contributed by atoms with Crippen molar-refractivity contribution in [1.29, 1.82) is 0 Å². The second kappa shape index (κ2) is 10.8. The zero-order valence-electron chi connectivity index (χ0n) is 19.5. The van der Waals surface area contributed by atoms with Crippen LogP contribution in [0.4, 0.5) is 4.39 Å². The van der Waals surface area contributed by atoms with Crippen LogP contribution in [0, 0.1) is 11.2 Å². The normalized spacial score (nSPS) is 19.7. The van der Waals surface area contributed by atoms with Crippen LogP contribution in [0.25, 0.3) is 10.8 Å². The molecule has 35 heavy (non-hydrogen) atoms. The molecule has 4 rings (SSSR count). The van der Waals surface area contributed by atoms with E-state index in [2.05, 4.69) is 3.07 Å². The van der Waals surface area contributed by atoms with Crippen LogP contribution in [0.2, 0.25) is 0 Å². The summed E-state index contributed by atoms with van der Waals surface area (Å²) in [5, 5.41) is 2.18. The van der Waals surface area contributed by atoms with E-state index < -0.39 is 17.2 Å². The minimum absolute atomic E-state index is 0.0467. The summed E-state index contributed by atoms with van der Waals surface area (Å²) in [5.74, 6) is -1.64. The lowest BCUT2D eigenvalue weighted by molar-refractivity contribution is -0.159. The minimum atomic E-state index is -0.725. The van der Waals surface area contributed by atoms with Crippen LogP contribution in [0.1, 0.15) is 48.5 Å². The first-order chi connectivity index (χ1) is 16.8. The molecule has 0 heterocycles. The Balaban J connectivity index is 1.37. The monoisotopic (exact) mass is 592 g/mol. The number of methoxy groups -OCH3 is 1. The molecule has 6 nitrogen and oxygen atoms in total. The molecule has 0 atom stereocenters. The first-order valence-corrected chi connectivity index (χ1v) is 12.2. The van der Waals surface area contributed by atoms with Crippen molar-refractivity contribution in [3.8, 4) is 11.5 Å². The van der Waals surface area contributed by atoms with E-state index in [9.17, 15) is 14.0 Å². The number of carbonyl (C=O) groups excluding carboxylic acids is 2. The van der Waals surface area contributed by atoms with E-state index in [1.54, 1.807) is 0 Å². The molecule has 0 saturated heterocycles. The fraction of sp³-hybridized carbons (Fsp3) is 0.333. The number of esters is 1. The van der Waals surface area contributed by atoms with E-state index in [0.717, 1.165) is 16.3 Å². The Labute approximate surface area is 217 Å². The van der Waals surface area contributed by atoms with Crippen molar-refractivity contribution in [2.45, 2.75) is 45.3 Å². The topological polar surface area (TPSA) is 71.1 Å². The molecule has 1 saturated carbocycles. The van der Waals surface area contributed by atoms with E-state index in [0.29, 0.717) is 25.7 Å². The maximum Gasteiger partial charge on any atom is 0.351 e. The molecule has 1 aliphatic carbocycles. The third-order valence-electron chi connectivity index (χ3n) is 6.58. The van der Waals surface area contributed by atoms with Crippen LogP contribution in [0.5, 0.6) is 11.5 Å². The van der Waals surface area contributed by atoms with Gasteiger partial charge in [-0.05, 0) is 55.0 Å². The molecular weight excluding hydrogens is 566 g/mol. The largest absolute Gasteiger partial charge is 0.493 e. The zero-order valence-corrected chi connectivity index (χ0v) is 21.7. The van der Waals surface area contributed by atoms with Gasteiger partial charge in [-0.2, -0.15) is 0 Å². The number of halogens is 2. The molecule has 0 N–H and O–H groups in total. The van der Waals surface area contributed by atoms with Crippen molar-refractivity contribution in [2.75, 3.05) is 7.11 Å². The highest BCUT2D eigenvalue weighted by Gasteiger charge is 2.39. The lowest BCUT2D eigenvalue weighted by Crippen LogP contribution is -2.37. The summed E-state index contributed by atoms with van der Waals surface area (Å²) in [6.45, 7) is 2.13. The number of carbonyl (C=O) groups is 2. The first kappa shape index (κ1) is 25.2. The number of hydrogen-bond donors (Lipinski definition) is 0. The molecule has 0 unspecified atom stereocenters. The number of benzene rings is 3. The highest BCUT2D eigenvalue weighted by Crippen LogP contribution is 2.39. The van der Waals surface area contributed by atoms with Crippen molar-refractivity contribution < 1.29 is 31.3 Å². The fourth-order valence-electron chi connectivity index (χ4n) is 4.52. The Morgan fingerprint density at radius 2 is 1.80 bits per heavy atom. The molecule has 3 aromatic rings. The Kier molecular flexibility index (Phi) is 7.78. The summed E-state index contributed by atoms with van der Waals surface area (Å²) in [7, 11) is 1.28. The molecule has 0 bridgehead atoms. The maximum atomic E-state index is 14.4. The predicted octanol–water partition coefficient (Wildman–Crippen LogP) is 6.57.